The molecule has 0 aliphatic carbocycles. The van der Waals surface area contributed by atoms with Crippen molar-refractivity contribution in [3.8, 4) is 0 Å². The smallest absolute Gasteiger partial charge is 0.328 e. The molecule has 1 aliphatic heterocycles. The van der Waals surface area contributed by atoms with Gasteiger partial charge in [-0.05, 0) is 30.4 Å². The van der Waals surface area contributed by atoms with Crippen molar-refractivity contribution in [1.29, 1.82) is 0 Å². The molecule has 0 saturated heterocycles. The number of benzene rings is 1. The van der Waals surface area contributed by atoms with Crippen LogP contribution in [0.2, 0.25) is 0 Å². The summed E-state index contributed by atoms with van der Waals surface area (Å²) in [7, 11) is 1.29. The molecule has 0 bridgehead atoms. The van der Waals surface area contributed by atoms with Crippen LogP contribution in [0.3, 0.4) is 0 Å². The lowest BCUT2D eigenvalue weighted by atomic mass is 9.97. The minimum atomic E-state index is -0.766. The number of esters is 1. The van der Waals surface area contributed by atoms with Crippen molar-refractivity contribution in [1.82, 2.24) is 5.32 Å². The van der Waals surface area contributed by atoms with Gasteiger partial charge in [-0.3, -0.25) is 9.69 Å². The first-order chi connectivity index (χ1) is 12.3. The standard InChI is InChI=1S/C19H27N3O4/c1-11(2)10-14(18(24)26-5)21-19(25)22-15-9-7-6-8-13(15)20-17(23)16(22)12(3)4/h6-9,11-12,14,16H,10H2,1-5H3,(H,20,23)(H,21,25)/t14-,16-/m1/s1. The lowest BCUT2D eigenvalue weighted by molar-refractivity contribution is -0.143. The van der Waals surface area contributed by atoms with Gasteiger partial charge in [0.1, 0.15) is 12.1 Å². The molecule has 0 spiro atoms. The molecule has 2 rings (SSSR count). The Morgan fingerprint density at radius 2 is 1.88 bits per heavy atom. The Bertz CT molecular complexity index is 687. The summed E-state index contributed by atoms with van der Waals surface area (Å²) in [6.07, 6.45) is 0.451. The maximum Gasteiger partial charge on any atom is 0.328 e. The third-order valence-electron chi connectivity index (χ3n) is 4.31. The summed E-state index contributed by atoms with van der Waals surface area (Å²) in [6.45, 7) is 7.68. The first-order valence-corrected chi connectivity index (χ1v) is 8.83. The molecule has 3 amide bonds. The van der Waals surface area contributed by atoms with E-state index in [0.29, 0.717) is 17.8 Å². The number of para-hydroxylation sites is 2. The van der Waals surface area contributed by atoms with Crippen LogP contribution in [0.15, 0.2) is 24.3 Å². The zero-order valence-electron chi connectivity index (χ0n) is 15.9. The highest BCUT2D eigenvalue weighted by Crippen LogP contribution is 2.34. The van der Waals surface area contributed by atoms with Crippen LogP contribution in [0.25, 0.3) is 0 Å². The van der Waals surface area contributed by atoms with Crippen LogP contribution in [0.5, 0.6) is 0 Å². The van der Waals surface area contributed by atoms with E-state index >= 15 is 0 Å². The predicted octanol–water partition coefficient (Wildman–Crippen LogP) is 2.77. The molecule has 1 aromatic rings. The van der Waals surface area contributed by atoms with Crippen molar-refractivity contribution in [2.45, 2.75) is 46.2 Å². The van der Waals surface area contributed by atoms with Crippen molar-refractivity contribution in [2.75, 3.05) is 17.3 Å². The van der Waals surface area contributed by atoms with Crippen molar-refractivity contribution in [2.24, 2.45) is 11.8 Å². The Kier molecular flexibility index (Phi) is 6.23. The van der Waals surface area contributed by atoms with Crippen molar-refractivity contribution >= 4 is 29.3 Å². The molecule has 0 aromatic heterocycles. The molecule has 1 aliphatic rings. The minimum absolute atomic E-state index is 0.101. The summed E-state index contributed by atoms with van der Waals surface area (Å²) in [6, 6.07) is 5.21. The van der Waals surface area contributed by atoms with Gasteiger partial charge in [0.05, 0.1) is 18.5 Å². The Morgan fingerprint density at radius 1 is 1.23 bits per heavy atom. The topological polar surface area (TPSA) is 87.7 Å². The number of anilines is 2. The van der Waals surface area contributed by atoms with Gasteiger partial charge in [-0.2, -0.15) is 0 Å². The fraction of sp³-hybridized carbons (Fsp3) is 0.526. The van der Waals surface area contributed by atoms with Crippen LogP contribution >= 0.6 is 0 Å². The molecule has 0 fully saturated rings. The third kappa shape index (κ3) is 4.15. The summed E-state index contributed by atoms with van der Waals surface area (Å²) in [5.41, 5.74) is 1.18. The lowest BCUT2D eigenvalue weighted by Crippen LogP contribution is -2.58. The quantitative estimate of drug-likeness (QED) is 0.790. The van der Waals surface area contributed by atoms with Crippen LogP contribution in [0, 0.1) is 11.8 Å². The SMILES string of the molecule is COC(=O)[C@@H](CC(C)C)NC(=O)N1c2ccccc2NC(=O)[C@H]1C(C)C. The number of hydrogen-bond acceptors (Lipinski definition) is 4. The van der Waals surface area contributed by atoms with Crippen molar-refractivity contribution in [3.05, 3.63) is 24.3 Å². The van der Waals surface area contributed by atoms with Gasteiger partial charge in [0.25, 0.3) is 0 Å². The average molecular weight is 361 g/mol. The van der Waals surface area contributed by atoms with Crippen molar-refractivity contribution in [3.63, 3.8) is 0 Å². The fourth-order valence-electron chi connectivity index (χ4n) is 3.15. The normalized spacial score (nSPS) is 17.6. The Morgan fingerprint density at radius 3 is 2.46 bits per heavy atom. The molecular weight excluding hydrogens is 334 g/mol. The molecule has 0 radical (unpaired) electrons. The number of rotatable bonds is 5. The Hall–Kier alpha value is -2.57. The summed E-state index contributed by atoms with van der Waals surface area (Å²) >= 11 is 0. The van der Waals surface area contributed by atoms with E-state index in [-0.39, 0.29) is 17.7 Å². The summed E-state index contributed by atoms with van der Waals surface area (Å²) in [5.74, 6) is -0.650. The Labute approximate surface area is 154 Å². The van der Waals surface area contributed by atoms with Gasteiger partial charge in [0, 0.05) is 0 Å². The predicted molar refractivity (Wildman–Crippen MR) is 100.0 cm³/mol. The molecule has 7 nitrogen and oxygen atoms in total. The molecule has 2 atom stereocenters. The molecular formula is C19H27N3O4. The number of hydrogen-bond donors (Lipinski definition) is 2. The molecule has 26 heavy (non-hydrogen) atoms. The highest BCUT2D eigenvalue weighted by Gasteiger charge is 2.39. The molecule has 7 heteroatoms. The second-order valence-electron chi connectivity index (χ2n) is 7.22. The van der Waals surface area contributed by atoms with Gasteiger partial charge in [0.15, 0.2) is 0 Å². The second-order valence-corrected chi connectivity index (χ2v) is 7.22. The summed E-state index contributed by atoms with van der Waals surface area (Å²) < 4.78 is 4.81. The van der Waals surface area contributed by atoms with Crippen LogP contribution in [-0.2, 0) is 14.3 Å². The molecule has 0 saturated carbocycles. The maximum absolute atomic E-state index is 13.1. The van der Waals surface area contributed by atoms with E-state index in [1.807, 2.05) is 27.7 Å². The van der Waals surface area contributed by atoms with E-state index in [0.717, 1.165) is 0 Å². The summed E-state index contributed by atoms with van der Waals surface area (Å²) in [5, 5.41) is 5.59. The first-order valence-electron chi connectivity index (χ1n) is 8.83. The van der Waals surface area contributed by atoms with E-state index in [1.165, 1.54) is 12.0 Å². The summed E-state index contributed by atoms with van der Waals surface area (Å²) in [4.78, 5) is 39.1. The van der Waals surface area contributed by atoms with E-state index in [4.69, 9.17) is 4.74 Å². The Balaban J connectivity index is 2.36. The second kappa shape index (κ2) is 8.21. The maximum atomic E-state index is 13.1. The minimum Gasteiger partial charge on any atom is -0.467 e. The van der Waals surface area contributed by atoms with Gasteiger partial charge in [0.2, 0.25) is 5.91 Å². The van der Waals surface area contributed by atoms with Gasteiger partial charge in [-0.1, -0.05) is 39.8 Å². The average Bonchev–Trinajstić information content (AvgIpc) is 2.58. The van der Waals surface area contributed by atoms with Crippen molar-refractivity contribution < 1.29 is 19.1 Å². The van der Waals surface area contributed by atoms with Gasteiger partial charge < -0.3 is 15.4 Å². The van der Waals surface area contributed by atoms with Crippen LogP contribution < -0.4 is 15.5 Å². The number of methoxy groups -OCH3 is 1. The van der Waals surface area contributed by atoms with Gasteiger partial charge in [-0.25, -0.2) is 9.59 Å². The largest absolute Gasteiger partial charge is 0.467 e. The molecule has 0 unspecified atom stereocenters. The fourth-order valence-corrected chi connectivity index (χ4v) is 3.15. The number of nitrogens with one attached hydrogen (secondary N) is 2. The number of carbonyl (C=O) groups is 3. The molecule has 2 N–H and O–H groups in total. The number of amides is 3. The number of nitrogens with zero attached hydrogens (tertiary/aromatic N) is 1. The highest BCUT2D eigenvalue weighted by molar-refractivity contribution is 6.12. The number of carbonyl (C=O) groups excluding carboxylic acids is 3. The first kappa shape index (κ1) is 19.8. The zero-order valence-corrected chi connectivity index (χ0v) is 15.9. The number of urea groups is 1. The van der Waals surface area contributed by atoms with E-state index < -0.39 is 24.1 Å². The van der Waals surface area contributed by atoms with Gasteiger partial charge in [-0.15, -0.1) is 0 Å². The van der Waals surface area contributed by atoms with Gasteiger partial charge >= 0.3 is 12.0 Å². The molecule has 1 heterocycles. The molecule has 1 aromatic carbocycles. The molecule has 142 valence electrons. The zero-order chi connectivity index (χ0) is 19.4. The van der Waals surface area contributed by atoms with E-state index in [1.54, 1.807) is 24.3 Å². The van der Waals surface area contributed by atoms with Crippen LogP contribution in [0.4, 0.5) is 16.2 Å². The van der Waals surface area contributed by atoms with E-state index in [9.17, 15) is 14.4 Å². The highest BCUT2D eigenvalue weighted by atomic mass is 16.5. The van der Waals surface area contributed by atoms with Crippen LogP contribution in [0.1, 0.15) is 34.1 Å². The third-order valence-corrected chi connectivity index (χ3v) is 4.31. The van der Waals surface area contributed by atoms with Crippen LogP contribution in [-0.4, -0.2) is 37.1 Å². The lowest BCUT2D eigenvalue weighted by Gasteiger charge is -2.39. The monoisotopic (exact) mass is 361 g/mol. The number of ether oxygens (including phenoxy) is 1. The van der Waals surface area contributed by atoms with E-state index in [2.05, 4.69) is 10.6 Å². The number of fused-ring (bicyclic) bond motifs is 1.